The predicted octanol–water partition coefficient (Wildman–Crippen LogP) is 5.52. The number of aromatic nitrogens is 2. The zero-order valence-electron chi connectivity index (χ0n) is 16.9. The molecular weight excluding hydrogens is 414 g/mol. The van der Waals surface area contributed by atoms with Crippen LogP contribution < -0.4 is 10.9 Å². The first-order valence-corrected chi connectivity index (χ1v) is 11.3. The molecule has 7 heteroatoms. The minimum absolute atomic E-state index is 0.0956. The second-order valence-corrected chi connectivity index (χ2v) is 9.34. The van der Waals surface area contributed by atoms with Crippen molar-refractivity contribution in [2.45, 2.75) is 31.4 Å². The third kappa shape index (κ3) is 4.32. The van der Waals surface area contributed by atoms with Crippen LogP contribution in [0.1, 0.15) is 23.2 Å². The lowest BCUT2D eigenvalue weighted by Crippen LogP contribution is -2.10. The van der Waals surface area contributed by atoms with Gasteiger partial charge in [0.25, 0.3) is 5.56 Å². The average Bonchev–Trinajstić information content (AvgIpc) is 3.04. The molecular formula is C23H21N3O2S2. The molecule has 5 nitrogen and oxygen atoms in total. The van der Waals surface area contributed by atoms with Gasteiger partial charge >= 0.3 is 0 Å². The van der Waals surface area contributed by atoms with E-state index in [0.29, 0.717) is 17.0 Å². The molecule has 1 amide bonds. The third-order valence-corrected chi connectivity index (χ3v) is 6.70. The van der Waals surface area contributed by atoms with Crippen molar-refractivity contribution >= 4 is 44.9 Å². The average molecular weight is 436 g/mol. The number of H-pyrrole nitrogens is 1. The number of carbonyl (C=O) groups excluding carboxylic acids is 1. The largest absolute Gasteiger partial charge is 0.326 e. The van der Waals surface area contributed by atoms with Crippen LogP contribution in [0.15, 0.2) is 58.2 Å². The molecule has 0 saturated heterocycles. The summed E-state index contributed by atoms with van der Waals surface area (Å²) in [5, 5.41) is 3.41. The first kappa shape index (κ1) is 20.4. The van der Waals surface area contributed by atoms with Crippen LogP contribution in [0.4, 0.5) is 5.69 Å². The van der Waals surface area contributed by atoms with Gasteiger partial charge < -0.3 is 10.3 Å². The number of hydrogen-bond acceptors (Lipinski definition) is 5. The molecule has 0 fully saturated rings. The van der Waals surface area contributed by atoms with Gasteiger partial charge in [-0.1, -0.05) is 29.8 Å². The number of nitrogens with one attached hydrogen (secondary N) is 2. The summed E-state index contributed by atoms with van der Waals surface area (Å²) >= 11 is 3.14. The number of aryl methyl sites for hydroxylation is 2. The number of aromatic amines is 1. The molecule has 0 aliphatic heterocycles. The van der Waals surface area contributed by atoms with Gasteiger partial charge in [0.1, 0.15) is 10.7 Å². The lowest BCUT2D eigenvalue weighted by molar-refractivity contribution is -0.114. The number of thiophene rings is 1. The number of benzene rings is 2. The first-order valence-electron chi connectivity index (χ1n) is 9.50. The van der Waals surface area contributed by atoms with Crippen LogP contribution >= 0.6 is 23.1 Å². The molecule has 0 radical (unpaired) electrons. The summed E-state index contributed by atoms with van der Waals surface area (Å²) in [5.74, 6) is 1.11. The zero-order chi connectivity index (χ0) is 21.3. The molecule has 0 aliphatic rings. The highest BCUT2D eigenvalue weighted by Crippen LogP contribution is 2.36. The highest BCUT2D eigenvalue weighted by molar-refractivity contribution is 7.98. The van der Waals surface area contributed by atoms with Crippen LogP contribution in [0.3, 0.4) is 0 Å². The molecule has 0 saturated carbocycles. The molecule has 4 aromatic rings. The molecule has 0 atom stereocenters. The molecule has 0 unspecified atom stereocenters. The maximum atomic E-state index is 12.9. The van der Waals surface area contributed by atoms with Crippen molar-refractivity contribution in [3.05, 3.63) is 75.1 Å². The topological polar surface area (TPSA) is 74.8 Å². The van der Waals surface area contributed by atoms with Crippen molar-refractivity contribution in [1.29, 1.82) is 0 Å². The normalized spacial score (nSPS) is 11.0. The van der Waals surface area contributed by atoms with E-state index in [4.69, 9.17) is 4.98 Å². The van der Waals surface area contributed by atoms with E-state index in [2.05, 4.69) is 34.6 Å². The van der Waals surface area contributed by atoms with E-state index in [1.165, 1.54) is 12.5 Å². The Morgan fingerprint density at radius 3 is 2.47 bits per heavy atom. The molecule has 0 bridgehead atoms. The number of anilines is 1. The van der Waals surface area contributed by atoms with Gasteiger partial charge in [-0.15, -0.1) is 23.1 Å². The van der Waals surface area contributed by atoms with Gasteiger partial charge in [-0.3, -0.25) is 9.59 Å². The molecule has 2 aromatic heterocycles. The fourth-order valence-corrected chi connectivity index (χ4v) is 5.12. The van der Waals surface area contributed by atoms with Crippen molar-refractivity contribution in [3.63, 3.8) is 0 Å². The van der Waals surface area contributed by atoms with E-state index in [9.17, 15) is 9.59 Å². The van der Waals surface area contributed by atoms with E-state index in [-0.39, 0.29) is 11.5 Å². The van der Waals surface area contributed by atoms with Gasteiger partial charge in [0, 0.05) is 27.9 Å². The molecule has 4 rings (SSSR count). The van der Waals surface area contributed by atoms with Crippen molar-refractivity contribution in [2.75, 3.05) is 5.32 Å². The molecule has 152 valence electrons. The summed E-state index contributed by atoms with van der Waals surface area (Å²) in [6, 6.07) is 15.8. The maximum Gasteiger partial charge on any atom is 0.260 e. The third-order valence-electron chi connectivity index (χ3n) is 4.68. The Kier molecular flexibility index (Phi) is 5.74. The minimum atomic E-state index is -0.100. The summed E-state index contributed by atoms with van der Waals surface area (Å²) in [7, 11) is 0. The molecule has 30 heavy (non-hydrogen) atoms. The number of thioether (sulfide) groups is 1. The number of hydrogen-bond donors (Lipinski definition) is 2. The van der Waals surface area contributed by atoms with Crippen molar-refractivity contribution in [2.24, 2.45) is 0 Å². The number of rotatable bonds is 5. The Morgan fingerprint density at radius 1 is 1.10 bits per heavy atom. The lowest BCUT2D eigenvalue weighted by atomic mass is 10.0. The van der Waals surface area contributed by atoms with Crippen LogP contribution in [-0.4, -0.2) is 15.9 Å². The standard InChI is InChI=1S/C23H21N3O2S2/c1-13-4-6-16(7-5-13)20-14(2)30-23-21(20)22(28)25-19(26-23)12-29-18-10-8-17(9-11-18)24-15(3)27/h4-11H,12H2,1-3H3,(H,24,27)(H,25,26,28). The Labute approximate surface area is 182 Å². The quantitative estimate of drug-likeness (QED) is 0.405. The van der Waals surface area contributed by atoms with E-state index in [1.807, 2.05) is 38.1 Å². The van der Waals surface area contributed by atoms with Gasteiger partial charge in [-0.25, -0.2) is 4.98 Å². The Balaban J connectivity index is 1.59. The van der Waals surface area contributed by atoms with Crippen molar-refractivity contribution < 1.29 is 4.79 Å². The lowest BCUT2D eigenvalue weighted by Gasteiger charge is -2.05. The van der Waals surface area contributed by atoms with Gasteiger partial charge in [0.2, 0.25) is 5.91 Å². The number of amides is 1. The van der Waals surface area contributed by atoms with Crippen molar-refractivity contribution in [3.8, 4) is 11.1 Å². The number of nitrogens with zero attached hydrogens (tertiary/aromatic N) is 1. The minimum Gasteiger partial charge on any atom is -0.326 e. The van der Waals surface area contributed by atoms with E-state index < -0.39 is 0 Å². The van der Waals surface area contributed by atoms with Crippen LogP contribution in [-0.2, 0) is 10.5 Å². The molecule has 2 aromatic carbocycles. The summed E-state index contributed by atoms with van der Waals surface area (Å²) in [6.07, 6.45) is 0. The van der Waals surface area contributed by atoms with Crippen LogP contribution in [0.2, 0.25) is 0 Å². The second kappa shape index (κ2) is 8.45. The van der Waals surface area contributed by atoms with Gasteiger partial charge in [-0.05, 0) is 43.7 Å². The molecule has 0 spiro atoms. The Hall–Kier alpha value is -2.90. The molecule has 2 N–H and O–H groups in total. The van der Waals surface area contributed by atoms with Crippen molar-refractivity contribution in [1.82, 2.24) is 9.97 Å². The maximum absolute atomic E-state index is 12.9. The van der Waals surface area contributed by atoms with Crippen LogP contribution in [0, 0.1) is 13.8 Å². The van der Waals surface area contributed by atoms with Gasteiger partial charge in [0.05, 0.1) is 11.1 Å². The predicted molar refractivity (Wildman–Crippen MR) is 125 cm³/mol. The summed E-state index contributed by atoms with van der Waals surface area (Å²) < 4.78 is 0. The van der Waals surface area contributed by atoms with Gasteiger partial charge in [-0.2, -0.15) is 0 Å². The monoisotopic (exact) mass is 435 g/mol. The molecule has 2 heterocycles. The SMILES string of the molecule is CC(=O)Nc1ccc(SCc2nc3sc(C)c(-c4ccc(C)cc4)c3c(=O)[nH]2)cc1. The Bertz CT molecular complexity index is 1270. The Morgan fingerprint density at radius 2 is 1.80 bits per heavy atom. The highest BCUT2D eigenvalue weighted by atomic mass is 32.2. The summed E-state index contributed by atoms with van der Waals surface area (Å²) in [5.41, 5.74) is 3.86. The first-order chi connectivity index (χ1) is 14.4. The number of fused-ring (bicyclic) bond motifs is 1. The van der Waals surface area contributed by atoms with E-state index in [1.54, 1.807) is 23.1 Å². The fraction of sp³-hybridized carbons (Fsp3) is 0.174. The van der Waals surface area contributed by atoms with Crippen LogP contribution in [0.25, 0.3) is 21.3 Å². The smallest absolute Gasteiger partial charge is 0.260 e. The summed E-state index contributed by atoms with van der Waals surface area (Å²) in [6.45, 7) is 5.57. The second-order valence-electron chi connectivity index (χ2n) is 7.09. The van der Waals surface area contributed by atoms with E-state index >= 15 is 0 Å². The van der Waals surface area contributed by atoms with Crippen LogP contribution in [0.5, 0.6) is 0 Å². The number of carbonyl (C=O) groups is 1. The van der Waals surface area contributed by atoms with E-state index in [0.717, 1.165) is 31.4 Å². The van der Waals surface area contributed by atoms with Gasteiger partial charge in [0.15, 0.2) is 0 Å². The summed E-state index contributed by atoms with van der Waals surface area (Å²) in [4.78, 5) is 34.6. The molecule has 0 aliphatic carbocycles. The fourth-order valence-electron chi connectivity index (χ4n) is 3.29. The zero-order valence-corrected chi connectivity index (χ0v) is 18.5. The highest BCUT2D eigenvalue weighted by Gasteiger charge is 2.16.